The number of hydrogen-bond donors (Lipinski definition) is 7. The number of amides is 2. The Labute approximate surface area is 918 Å². The summed E-state index contributed by atoms with van der Waals surface area (Å²) in [6.45, 7) is 25.5. The van der Waals surface area contributed by atoms with E-state index in [0.717, 1.165) is 13.2 Å². The van der Waals surface area contributed by atoms with Gasteiger partial charge in [0.05, 0.1) is 79.3 Å². The third-order valence-electron chi connectivity index (χ3n) is 16.1. The van der Waals surface area contributed by atoms with E-state index in [4.69, 9.17) is 128 Å². The van der Waals surface area contributed by atoms with Crippen LogP contribution >= 0.6 is 73.9 Å². The van der Waals surface area contributed by atoms with Crippen LogP contribution in [-0.4, -0.2) is 199 Å². The molecular weight excluding hydrogens is 2100 g/mol. The molecule has 7 heterocycles. The van der Waals surface area contributed by atoms with Crippen LogP contribution in [0.1, 0.15) is 261 Å². The fraction of sp³-hybridized carbons (Fsp3) is 0.300. The standard InChI is InChI=1S/C18H14N2O4.C15H16O5.C11H7ClO4.C11H8O5.C9H8O4.C8H6O4.C6H11BrO2.C6H7N3O.C4H8O.2C4H9O.C2H3N.2CH2Cl2.2Na/c1-10(21)13-4-2-3-11-8-16(24-17(11)13)15(22)7-12-9-20-6-5-14(12)18(19)23;1-15(2,3)20-14(17)11-8-9-6-5-7-10(12(9)19-11)13(16)18-4;2*1-15-11(14)7-4-2-3-6-5-8(10(12)13)16-9(6)7;1-13-9(12)7-4-2-3-6(5-10)8(7)11;9-4-5-2-1-3-6(7(5)10)8(11)12;1-6(2,3)9-5(8)4-7;7-5-3-9-2-1-4(5)6(8)10;1-2-4-5-3-1;2*1-4(2,3)5;1-2-3;2*2-1-3;;/h2-6,8-9H,7H2,1H3,(H2,19,23);5-8H,1-4H3;2-5H,1H3;2-5H,1H3,(H,12,13);2-5,11H,1H3;1-4,10H,(H,11,12);4H2,1-3H3;1-3H,7H2,(H2,8,10);1-4H2;2*1-3H3;1H3;2*1H2;;/q;;;;;;;;;2*-1;;;;2*+1. The second kappa shape index (κ2) is 70.4. The van der Waals surface area contributed by atoms with Gasteiger partial charge in [0.1, 0.15) is 78.2 Å². The minimum atomic E-state index is -1.25. The van der Waals surface area contributed by atoms with Gasteiger partial charge in [-0.25, -0.2) is 33.6 Å². The first-order chi connectivity index (χ1) is 67.3. The Morgan fingerprint density at radius 2 is 0.788 bits per heavy atom. The zero-order valence-electron chi connectivity index (χ0n) is 83.5. The number of ketones is 2. The number of carbonyl (C=O) groups excluding carboxylic acids is 13. The van der Waals surface area contributed by atoms with Gasteiger partial charge in [0, 0.05) is 72.3 Å². The fourth-order valence-corrected chi connectivity index (χ4v) is 10.7. The summed E-state index contributed by atoms with van der Waals surface area (Å²) in [7, 11) is 5.02. The minimum Gasteiger partial charge on any atom is -0.850 e. The van der Waals surface area contributed by atoms with Gasteiger partial charge in [-0.3, -0.25) is 48.3 Å². The molecule has 46 heteroatoms. The number of rotatable bonds is 17. The molecule has 10 N–H and O–H groups in total. The third kappa shape index (κ3) is 52.5. The van der Waals surface area contributed by atoms with Crippen molar-refractivity contribution in [2.24, 2.45) is 11.5 Å². The summed E-state index contributed by atoms with van der Waals surface area (Å²) in [6, 6.07) is 38.9. The number of aromatic hydroxyl groups is 2. The maximum absolute atomic E-state index is 12.5. The molecule has 6 aromatic heterocycles. The zero-order valence-corrected chi connectivity index (χ0v) is 92.9. The molecule has 776 valence electrons. The number of nitriles is 1. The van der Waals surface area contributed by atoms with Crippen molar-refractivity contribution < 1.29 is 212 Å². The van der Waals surface area contributed by atoms with Crippen LogP contribution < -0.4 is 86.5 Å². The van der Waals surface area contributed by atoms with Gasteiger partial charge in [-0.15, -0.1) is 57.6 Å². The summed E-state index contributed by atoms with van der Waals surface area (Å²) in [4.78, 5) is 174. The summed E-state index contributed by atoms with van der Waals surface area (Å²) >= 11 is 27.3. The van der Waals surface area contributed by atoms with E-state index in [2.05, 4.69) is 44.8 Å². The number of aldehydes is 2. The molecule has 1 fully saturated rings. The number of Topliss-reactive ketones (excluding diaryl/α,β-unsaturated/α-hetero) is 2. The maximum atomic E-state index is 12.5. The van der Waals surface area contributed by atoms with Gasteiger partial charge < -0.3 is 98.7 Å². The van der Waals surface area contributed by atoms with Crippen LogP contribution in [0, 0.1) is 11.3 Å². The summed E-state index contributed by atoms with van der Waals surface area (Å²) in [6.07, 6.45) is 9.09. The SMILES string of the molecule is C1CCOC1.CC#N.CC(=O)c1cccc2cc(C(=O)Cc3cnccc3C(N)=O)oc12.CC(C)(C)OC(=O)CBr.CC(C)(C)[O-].CC(C)(C)[O-].COC(=O)c1cccc(C=O)c1O.COC(=O)c1cccc2cc(C(=O)Cl)oc12.COC(=O)c1cccc2cc(C(=O)O)oc12.COC(=O)c1cccc2cc(C(=O)OC(C)(C)C)oc12.ClCCl.ClCCl.NC(=O)c1ccncc1N.O=Cc1cccc(C(=O)O)c1O.[Na+].[Na+]. The number of aromatic nitrogens is 2. The molecule has 0 atom stereocenters. The van der Waals surface area contributed by atoms with E-state index < -0.39 is 81.4 Å². The smallest absolute Gasteiger partial charge is 0.850 e. The number of carbonyl (C=O) groups is 15. The van der Waals surface area contributed by atoms with Crippen molar-refractivity contribution in [2.75, 3.05) is 63.4 Å². The van der Waals surface area contributed by atoms with Gasteiger partial charge in [0.25, 0.3) is 11.1 Å². The Morgan fingerprint density at radius 1 is 0.473 bits per heavy atom. The summed E-state index contributed by atoms with van der Waals surface area (Å²) in [5.41, 5.74) is 16.7. The molecule has 0 unspecified atom stereocenters. The Morgan fingerprint density at radius 3 is 1.11 bits per heavy atom. The Bertz CT molecular complexity index is 6230. The van der Waals surface area contributed by atoms with Crippen LogP contribution in [0.2, 0.25) is 0 Å². The van der Waals surface area contributed by atoms with Crippen molar-refractivity contribution >= 4 is 212 Å². The quantitative estimate of drug-likeness (QED) is 0.00846. The van der Waals surface area contributed by atoms with Crippen molar-refractivity contribution in [1.82, 2.24) is 9.97 Å². The molecule has 0 saturated carbocycles. The van der Waals surface area contributed by atoms with Gasteiger partial charge in [-0.2, -0.15) is 5.26 Å². The molecule has 0 radical (unpaired) electrons. The van der Waals surface area contributed by atoms with Gasteiger partial charge in [0.2, 0.25) is 23.2 Å². The molecule has 0 spiro atoms. The van der Waals surface area contributed by atoms with Crippen molar-refractivity contribution in [1.29, 1.82) is 5.26 Å². The summed E-state index contributed by atoms with van der Waals surface area (Å²) in [5, 5.41) is 65.8. The largest absolute Gasteiger partial charge is 1.00 e. The van der Waals surface area contributed by atoms with Crippen molar-refractivity contribution in [3.63, 3.8) is 0 Å². The minimum absolute atomic E-state index is 0. The van der Waals surface area contributed by atoms with E-state index in [1.165, 1.54) is 147 Å². The molecule has 1 aliphatic rings. The van der Waals surface area contributed by atoms with Crippen LogP contribution in [0.15, 0.2) is 188 Å². The molecular formula is C100H110BrCl5N6Na2O32. The van der Waals surface area contributed by atoms with E-state index >= 15 is 0 Å². The molecule has 2 amide bonds. The van der Waals surface area contributed by atoms with E-state index in [9.17, 15) is 87.2 Å². The van der Waals surface area contributed by atoms with Crippen molar-refractivity contribution in [2.45, 2.75) is 139 Å². The van der Waals surface area contributed by atoms with Gasteiger partial charge in [-0.1, -0.05) is 118 Å². The molecule has 1 saturated heterocycles. The number of phenolic OH excluding ortho intramolecular Hbond substituents is 1. The summed E-state index contributed by atoms with van der Waals surface area (Å²) < 4.78 is 54.6. The number of phenols is 2. The molecule has 13 rings (SSSR count). The van der Waals surface area contributed by atoms with Crippen molar-refractivity contribution in [3.05, 3.63) is 255 Å². The van der Waals surface area contributed by atoms with Crippen molar-refractivity contribution in [3.8, 4) is 17.6 Å². The molecule has 0 bridgehead atoms. The Hall–Kier alpha value is -12.5. The number of aromatic carboxylic acids is 2. The van der Waals surface area contributed by atoms with Crippen LogP contribution in [0.3, 0.4) is 0 Å². The third-order valence-corrected chi connectivity index (χ3v) is 16.7. The number of alkyl halides is 5. The summed E-state index contributed by atoms with van der Waals surface area (Å²) in [5.74, 6) is -7.92. The maximum Gasteiger partial charge on any atom is 1.00 e. The number of pyridine rings is 2. The number of fused-ring (bicyclic) bond motifs is 4. The molecule has 12 aromatic rings. The monoisotopic (exact) mass is 2210 g/mol. The molecule has 146 heavy (non-hydrogen) atoms. The average Bonchev–Trinajstić information content (AvgIpc) is 1.67. The van der Waals surface area contributed by atoms with Crippen LogP contribution in [0.25, 0.3) is 43.9 Å². The number of carboxylic acid groups (broad SMARTS) is 2. The first-order valence-electron chi connectivity index (χ1n) is 41.8. The second-order valence-electron chi connectivity index (χ2n) is 32.0. The number of nitrogen functional groups attached to an aromatic ring is 1. The van der Waals surface area contributed by atoms with Crippen LogP contribution in [0.5, 0.6) is 11.5 Å². The number of nitrogens with two attached hydrogens (primary N) is 3. The average molecular weight is 2210 g/mol. The number of hydrogen-bond acceptors (Lipinski definition) is 34. The Balaban J connectivity index is -0.00000157. The predicted octanol–water partition coefficient (Wildman–Crippen LogP) is 12.1. The number of methoxy groups -OCH3 is 4. The number of nitrogens with zero attached hydrogens (tertiary/aromatic N) is 3. The Kier molecular flexibility index (Phi) is 66.3. The number of carboxylic acids is 2. The predicted molar refractivity (Wildman–Crippen MR) is 538 cm³/mol. The van der Waals surface area contributed by atoms with E-state index in [1.54, 1.807) is 147 Å². The first kappa shape index (κ1) is 138. The fourth-order valence-electron chi connectivity index (χ4n) is 10.4. The number of furan rings is 4. The number of esters is 6. The molecule has 0 aliphatic carbocycles. The number of primary amides is 2. The number of halogens is 6. The number of para-hydroxylation sites is 6. The number of ether oxygens (including phenoxy) is 7. The topological polar surface area (TPSA) is 628 Å². The molecule has 6 aromatic carbocycles. The van der Waals surface area contributed by atoms with E-state index in [0.29, 0.717) is 73.2 Å². The van der Waals surface area contributed by atoms with Crippen LogP contribution in [0.4, 0.5) is 5.69 Å². The first-order valence-corrected chi connectivity index (χ1v) is 45.4. The second-order valence-corrected chi connectivity index (χ2v) is 34.5. The van der Waals surface area contributed by atoms with Crippen LogP contribution in [-0.2, 0) is 44.4 Å². The number of benzene rings is 6. The number of anilines is 1. The van der Waals surface area contributed by atoms with E-state index in [1.807, 2.05) is 20.8 Å². The van der Waals surface area contributed by atoms with Gasteiger partial charge >= 0.3 is 107 Å². The molecule has 1 aliphatic heterocycles. The van der Waals surface area contributed by atoms with Gasteiger partial charge in [-0.05, 0) is 163 Å². The zero-order chi connectivity index (χ0) is 110. The molecule has 38 nitrogen and oxygen atoms in total. The van der Waals surface area contributed by atoms with Gasteiger partial charge in [0.15, 0.2) is 29.9 Å². The normalized spacial score (nSPS) is 10.4. The van der Waals surface area contributed by atoms with E-state index in [-0.39, 0.29) is 184 Å².